The zero-order chi connectivity index (χ0) is 7.28. The molecule has 0 aliphatic carbocycles. The molecule has 4 N–H and O–H groups in total. The lowest BCUT2D eigenvalue weighted by Gasteiger charge is -2.07. The number of hydrogen-bond donors (Lipinski definition) is 3. The van der Waals surface area contributed by atoms with Crippen LogP contribution in [-0.2, 0) is 0 Å². The van der Waals surface area contributed by atoms with Gasteiger partial charge in [0.15, 0.2) is 0 Å². The van der Waals surface area contributed by atoms with E-state index in [2.05, 4.69) is 12.2 Å². The second-order valence-corrected chi connectivity index (χ2v) is 2.25. The smallest absolute Gasteiger partial charge is 0.0905 e. The maximum atomic E-state index is 6.91. The predicted molar refractivity (Wildman–Crippen MR) is 39.7 cm³/mol. The lowest BCUT2D eigenvalue weighted by Crippen LogP contribution is -2.23. The number of rotatable bonds is 4. The van der Waals surface area contributed by atoms with E-state index in [0.29, 0.717) is 12.5 Å². The third-order valence-corrected chi connectivity index (χ3v) is 1.34. The molecular weight excluding hydrogens is 114 g/mol. The lowest BCUT2D eigenvalue weighted by atomic mass is 10.2. The zero-order valence-corrected chi connectivity index (χ0v) is 6.07. The van der Waals surface area contributed by atoms with Crippen molar-refractivity contribution in [3.8, 4) is 0 Å². The van der Waals surface area contributed by atoms with Gasteiger partial charge in [0, 0.05) is 12.5 Å². The SMILES string of the molecule is CNC(C)CCC(=N)N. The topological polar surface area (TPSA) is 61.9 Å². The fourth-order valence-corrected chi connectivity index (χ4v) is 0.516. The fraction of sp³-hybridized carbons (Fsp3) is 0.833. The predicted octanol–water partition coefficient (Wildman–Crippen LogP) is 0.310. The Hall–Kier alpha value is -0.570. The molecule has 0 bridgehead atoms. The van der Waals surface area contributed by atoms with Gasteiger partial charge in [-0.3, -0.25) is 5.41 Å². The van der Waals surface area contributed by atoms with Crippen molar-refractivity contribution < 1.29 is 0 Å². The van der Waals surface area contributed by atoms with Crippen molar-refractivity contribution in [3.63, 3.8) is 0 Å². The quantitative estimate of drug-likeness (QED) is 0.378. The van der Waals surface area contributed by atoms with Crippen LogP contribution in [0.25, 0.3) is 0 Å². The monoisotopic (exact) mass is 129 g/mol. The Morgan fingerprint density at radius 3 is 2.67 bits per heavy atom. The standard InChI is InChI=1S/C6H15N3/c1-5(9-2)3-4-6(7)8/h5,9H,3-4H2,1-2H3,(H3,7,8). The highest BCUT2D eigenvalue weighted by molar-refractivity contribution is 5.76. The molecule has 0 aromatic heterocycles. The molecule has 0 spiro atoms. The minimum Gasteiger partial charge on any atom is -0.388 e. The molecule has 9 heavy (non-hydrogen) atoms. The molecule has 0 aromatic carbocycles. The third-order valence-electron chi connectivity index (χ3n) is 1.34. The van der Waals surface area contributed by atoms with Crippen molar-refractivity contribution in [2.75, 3.05) is 7.05 Å². The molecule has 3 heteroatoms. The van der Waals surface area contributed by atoms with Crippen LogP contribution in [0.3, 0.4) is 0 Å². The molecule has 0 saturated carbocycles. The van der Waals surface area contributed by atoms with Crippen LogP contribution in [0.5, 0.6) is 0 Å². The van der Waals surface area contributed by atoms with E-state index in [4.69, 9.17) is 11.1 Å². The van der Waals surface area contributed by atoms with Gasteiger partial charge in [-0.1, -0.05) is 0 Å². The Bertz CT molecular complexity index is 90.3. The van der Waals surface area contributed by atoms with E-state index in [9.17, 15) is 0 Å². The Balaban J connectivity index is 3.16. The van der Waals surface area contributed by atoms with Crippen LogP contribution in [0.1, 0.15) is 19.8 Å². The molecule has 0 radical (unpaired) electrons. The van der Waals surface area contributed by atoms with Crippen LogP contribution in [0.15, 0.2) is 0 Å². The van der Waals surface area contributed by atoms with Crippen LogP contribution in [0, 0.1) is 5.41 Å². The van der Waals surface area contributed by atoms with E-state index in [0.717, 1.165) is 6.42 Å². The summed E-state index contributed by atoms with van der Waals surface area (Å²) in [4.78, 5) is 0. The van der Waals surface area contributed by atoms with E-state index in [-0.39, 0.29) is 5.84 Å². The van der Waals surface area contributed by atoms with Crippen LogP contribution in [0.4, 0.5) is 0 Å². The van der Waals surface area contributed by atoms with E-state index >= 15 is 0 Å². The van der Waals surface area contributed by atoms with Gasteiger partial charge in [-0.15, -0.1) is 0 Å². The van der Waals surface area contributed by atoms with Crippen molar-refractivity contribution in [2.24, 2.45) is 5.73 Å². The molecule has 3 nitrogen and oxygen atoms in total. The molecule has 54 valence electrons. The van der Waals surface area contributed by atoms with Crippen LogP contribution < -0.4 is 11.1 Å². The minimum absolute atomic E-state index is 0.275. The molecule has 1 unspecified atom stereocenters. The lowest BCUT2D eigenvalue weighted by molar-refractivity contribution is 0.576. The van der Waals surface area contributed by atoms with E-state index in [1.807, 2.05) is 7.05 Å². The Morgan fingerprint density at radius 1 is 1.78 bits per heavy atom. The average Bonchev–Trinajstić information content (AvgIpc) is 1.83. The number of nitrogens with one attached hydrogen (secondary N) is 2. The Labute approximate surface area is 56.1 Å². The Morgan fingerprint density at radius 2 is 2.33 bits per heavy atom. The van der Waals surface area contributed by atoms with Gasteiger partial charge in [-0.2, -0.15) is 0 Å². The molecule has 1 atom stereocenters. The van der Waals surface area contributed by atoms with E-state index in [1.54, 1.807) is 0 Å². The molecule has 0 fully saturated rings. The summed E-state index contributed by atoms with van der Waals surface area (Å²) in [5.41, 5.74) is 5.15. The molecule has 0 aliphatic heterocycles. The maximum Gasteiger partial charge on any atom is 0.0905 e. The van der Waals surface area contributed by atoms with Gasteiger partial charge >= 0.3 is 0 Å². The molecule has 0 saturated heterocycles. The summed E-state index contributed by atoms with van der Waals surface area (Å²) in [6.07, 6.45) is 1.65. The van der Waals surface area contributed by atoms with Gasteiger partial charge < -0.3 is 11.1 Å². The number of hydrogen-bond acceptors (Lipinski definition) is 2. The summed E-state index contributed by atoms with van der Waals surface area (Å²) in [5, 5.41) is 9.98. The fourth-order valence-electron chi connectivity index (χ4n) is 0.516. The number of amidine groups is 1. The highest BCUT2D eigenvalue weighted by atomic mass is 14.8. The van der Waals surface area contributed by atoms with Gasteiger partial charge in [0.2, 0.25) is 0 Å². The minimum atomic E-state index is 0.275. The summed E-state index contributed by atoms with van der Waals surface area (Å²) < 4.78 is 0. The van der Waals surface area contributed by atoms with Crippen LogP contribution >= 0.6 is 0 Å². The molecular formula is C6H15N3. The first-order valence-corrected chi connectivity index (χ1v) is 3.17. The highest BCUT2D eigenvalue weighted by Crippen LogP contribution is 1.93. The molecule has 0 amide bonds. The summed E-state index contributed by atoms with van der Waals surface area (Å²) in [6, 6.07) is 0.467. The maximum absolute atomic E-state index is 6.91. The van der Waals surface area contributed by atoms with Crippen LogP contribution in [-0.4, -0.2) is 18.9 Å². The molecule has 0 rings (SSSR count). The van der Waals surface area contributed by atoms with Gasteiger partial charge in [0.25, 0.3) is 0 Å². The normalized spacial score (nSPS) is 13.1. The largest absolute Gasteiger partial charge is 0.388 e. The first-order chi connectivity index (χ1) is 4.16. The highest BCUT2D eigenvalue weighted by Gasteiger charge is 1.97. The Kier molecular flexibility index (Phi) is 4.05. The molecule has 0 aliphatic rings. The third kappa shape index (κ3) is 5.30. The second kappa shape index (κ2) is 4.32. The van der Waals surface area contributed by atoms with Gasteiger partial charge in [0.05, 0.1) is 5.84 Å². The van der Waals surface area contributed by atoms with Crippen molar-refractivity contribution >= 4 is 5.84 Å². The first-order valence-electron chi connectivity index (χ1n) is 3.17. The molecule has 0 heterocycles. The van der Waals surface area contributed by atoms with E-state index in [1.165, 1.54) is 0 Å². The van der Waals surface area contributed by atoms with E-state index < -0.39 is 0 Å². The average molecular weight is 129 g/mol. The van der Waals surface area contributed by atoms with Crippen molar-refractivity contribution in [1.29, 1.82) is 5.41 Å². The summed E-state index contributed by atoms with van der Waals surface area (Å²) in [5.74, 6) is 0.275. The van der Waals surface area contributed by atoms with Crippen molar-refractivity contribution in [1.82, 2.24) is 5.32 Å². The summed E-state index contributed by atoms with van der Waals surface area (Å²) in [7, 11) is 1.91. The van der Waals surface area contributed by atoms with Gasteiger partial charge in [-0.25, -0.2) is 0 Å². The second-order valence-electron chi connectivity index (χ2n) is 2.25. The number of nitrogens with two attached hydrogens (primary N) is 1. The van der Waals surface area contributed by atoms with Gasteiger partial charge in [-0.05, 0) is 20.4 Å². The van der Waals surface area contributed by atoms with Crippen molar-refractivity contribution in [3.05, 3.63) is 0 Å². The molecule has 0 aromatic rings. The van der Waals surface area contributed by atoms with Gasteiger partial charge in [0.1, 0.15) is 0 Å². The van der Waals surface area contributed by atoms with Crippen LogP contribution in [0.2, 0.25) is 0 Å². The zero-order valence-electron chi connectivity index (χ0n) is 6.07. The summed E-state index contributed by atoms with van der Waals surface area (Å²) in [6.45, 7) is 2.07. The summed E-state index contributed by atoms with van der Waals surface area (Å²) >= 11 is 0. The van der Waals surface area contributed by atoms with Crippen molar-refractivity contribution in [2.45, 2.75) is 25.8 Å². The first kappa shape index (κ1) is 8.43.